The van der Waals surface area contributed by atoms with E-state index in [9.17, 15) is 19.2 Å². The first-order valence-corrected chi connectivity index (χ1v) is 8.32. The molecule has 1 aromatic rings. The summed E-state index contributed by atoms with van der Waals surface area (Å²) in [4.78, 5) is 64.3. The Morgan fingerprint density at radius 2 is 1.19 bits per heavy atom. The third kappa shape index (κ3) is 11.2. The molecule has 146 valence electrons. The Morgan fingerprint density at radius 1 is 0.778 bits per heavy atom. The van der Waals surface area contributed by atoms with Crippen LogP contribution in [0.2, 0.25) is 0 Å². The van der Waals surface area contributed by atoms with E-state index < -0.39 is 11.9 Å². The fraction of sp³-hybridized carbons (Fsp3) is 0.444. The summed E-state index contributed by atoms with van der Waals surface area (Å²) in [7, 11) is 0. The third-order valence-corrected chi connectivity index (χ3v) is 3.01. The molecule has 9 heteroatoms. The van der Waals surface area contributed by atoms with Gasteiger partial charge in [-0.25, -0.2) is 19.4 Å². The second kappa shape index (κ2) is 13.9. The van der Waals surface area contributed by atoms with Crippen LogP contribution in [0, 0.1) is 0 Å². The van der Waals surface area contributed by atoms with Gasteiger partial charge < -0.3 is 0 Å². The van der Waals surface area contributed by atoms with Gasteiger partial charge in [-0.2, -0.15) is 0 Å². The molecular formula is C18H22O8Ti. The molecule has 0 fully saturated rings. The van der Waals surface area contributed by atoms with Gasteiger partial charge in [-0.1, -0.05) is 19.9 Å². The van der Waals surface area contributed by atoms with Crippen LogP contribution in [0.15, 0.2) is 24.3 Å². The minimum atomic E-state index is -0.810. The maximum atomic E-state index is 11.5. The summed E-state index contributed by atoms with van der Waals surface area (Å²) in [6.07, 6.45) is 1.15. The third-order valence-electron chi connectivity index (χ3n) is 3.01. The van der Waals surface area contributed by atoms with Crippen molar-refractivity contribution in [3.05, 3.63) is 24.3 Å². The molecule has 0 N–H and O–H groups in total. The maximum absolute atomic E-state index is 11.5. The molecule has 0 atom stereocenters. The molecule has 1 aromatic carbocycles. The smallest absolute Gasteiger partial charge is 0.299 e. The van der Waals surface area contributed by atoms with Crippen LogP contribution in [0.4, 0.5) is 0 Å². The van der Waals surface area contributed by atoms with Gasteiger partial charge in [0.15, 0.2) is 11.5 Å². The minimum Gasteiger partial charge on any atom is -0.299 e. The van der Waals surface area contributed by atoms with E-state index in [4.69, 9.17) is 9.78 Å². The molecule has 0 amide bonds. The molecule has 8 nitrogen and oxygen atoms in total. The van der Waals surface area contributed by atoms with Gasteiger partial charge in [-0.15, -0.1) is 0 Å². The van der Waals surface area contributed by atoms with Gasteiger partial charge in [-0.05, 0) is 25.0 Å². The topological polar surface area (TPSA) is 105 Å². The van der Waals surface area contributed by atoms with Crippen molar-refractivity contribution in [3.8, 4) is 11.5 Å². The van der Waals surface area contributed by atoms with Gasteiger partial charge in [0.05, 0.1) is 0 Å². The van der Waals surface area contributed by atoms with Gasteiger partial charge in [0.25, 0.3) is 0 Å². The van der Waals surface area contributed by atoms with Crippen LogP contribution in [0.3, 0.4) is 0 Å². The van der Waals surface area contributed by atoms with E-state index in [-0.39, 0.29) is 57.6 Å². The summed E-state index contributed by atoms with van der Waals surface area (Å²) in [5.41, 5.74) is 0. The summed E-state index contributed by atoms with van der Waals surface area (Å²) < 4.78 is 0. The van der Waals surface area contributed by atoms with E-state index in [1.54, 1.807) is 0 Å². The zero-order valence-corrected chi connectivity index (χ0v) is 16.9. The predicted molar refractivity (Wildman–Crippen MR) is 88.9 cm³/mol. The van der Waals surface area contributed by atoms with E-state index in [1.807, 2.05) is 13.8 Å². The summed E-state index contributed by atoms with van der Waals surface area (Å²) in [6, 6.07) is 5.76. The van der Waals surface area contributed by atoms with Gasteiger partial charge >= 0.3 is 11.9 Å². The van der Waals surface area contributed by atoms with Crippen LogP contribution in [0.1, 0.15) is 52.4 Å². The first-order chi connectivity index (χ1) is 12.4. The monoisotopic (exact) mass is 414 g/mol. The predicted octanol–water partition coefficient (Wildman–Crippen LogP) is 2.88. The Balaban J connectivity index is 0.00000676. The molecule has 0 bridgehead atoms. The normalized spacial score (nSPS) is 9.56. The largest absolute Gasteiger partial charge is 0.362 e. The molecule has 0 aliphatic heterocycles. The van der Waals surface area contributed by atoms with E-state index in [2.05, 4.69) is 9.78 Å². The molecule has 0 aliphatic carbocycles. The quantitative estimate of drug-likeness (QED) is 0.223. The average Bonchev–Trinajstić information content (AvgIpc) is 2.59. The molecule has 0 radical (unpaired) electrons. The van der Waals surface area contributed by atoms with Crippen LogP contribution in [-0.2, 0) is 50.7 Å². The molecule has 1 rings (SSSR count). The Labute approximate surface area is 172 Å². The molecule has 0 spiro atoms. The van der Waals surface area contributed by atoms with Crippen molar-refractivity contribution in [2.75, 3.05) is 0 Å². The van der Waals surface area contributed by atoms with E-state index in [0.717, 1.165) is 0 Å². The number of hydrogen-bond donors (Lipinski definition) is 0. The Hall–Kier alpha value is -2.19. The molecule has 0 aliphatic rings. The Morgan fingerprint density at radius 3 is 1.56 bits per heavy atom. The van der Waals surface area contributed by atoms with Crippen LogP contribution >= 0.6 is 0 Å². The molecule has 0 aromatic heterocycles. The number of Topliss-reactive ketones (excluding diaryl/α,β-unsaturated/α-hetero) is 2. The zero-order chi connectivity index (χ0) is 19.4. The van der Waals surface area contributed by atoms with Crippen molar-refractivity contribution in [2.24, 2.45) is 0 Å². The van der Waals surface area contributed by atoms with E-state index in [0.29, 0.717) is 25.7 Å². The first kappa shape index (κ1) is 24.8. The number of ketones is 2. The fourth-order valence-corrected chi connectivity index (χ4v) is 1.88. The number of carbonyl (C=O) groups excluding carboxylic acids is 4. The summed E-state index contributed by atoms with van der Waals surface area (Å²) in [5.74, 6) is -1.87. The minimum absolute atomic E-state index is 0. The van der Waals surface area contributed by atoms with Crippen molar-refractivity contribution < 1.29 is 60.4 Å². The average molecular weight is 414 g/mol. The van der Waals surface area contributed by atoms with Crippen molar-refractivity contribution in [3.63, 3.8) is 0 Å². The van der Waals surface area contributed by atoms with Crippen molar-refractivity contribution >= 4 is 23.5 Å². The van der Waals surface area contributed by atoms with E-state index in [1.165, 1.54) is 24.3 Å². The molecule has 27 heavy (non-hydrogen) atoms. The molecule has 0 saturated carbocycles. The number of rotatable bonds is 12. The van der Waals surface area contributed by atoms with Gasteiger partial charge in [0, 0.05) is 40.6 Å². The number of carbonyl (C=O) groups is 4. The number of benzene rings is 1. The molecule has 0 unspecified atom stereocenters. The summed E-state index contributed by atoms with van der Waals surface area (Å²) in [6.45, 7) is 3.66. The second-order valence-electron chi connectivity index (χ2n) is 5.48. The Kier molecular flexibility index (Phi) is 12.8. The SMILES string of the molecule is CCCC(=O)CC(=O)OOc1cccc(OOC(=O)CC(=O)CCC)c1.[Ti]. The summed E-state index contributed by atoms with van der Waals surface area (Å²) in [5, 5.41) is 0. The second-order valence-corrected chi connectivity index (χ2v) is 5.48. The zero-order valence-electron chi connectivity index (χ0n) is 15.3. The van der Waals surface area contributed by atoms with Crippen LogP contribution in [0.5, 0.6) is 11.5 Å². The van der Waals surface area contributed by atoms with Crippen molar-refractivity contribution in [1.29, 1.82) is 0 Å². The molecular weight excluding hydrogens is 392 g/mol. The van der Waals surface area contributed by atoms with Gasteiger partial charge in [0.1, 0.15) is 24.4 Å². The van der Waals surface area contributed by atoms with Gasteiger partial charge in [-0.3, -0.25) is 19.4 Å². The van der Waals surface area contributed by atoms with Crippen molar-refractivity contribution in [1.82, 2.24) is 0 Å². The molecule has 0 heterocycles. The van der Waals surface area contributed by atoms with E-state index >= 15 is 0 Å². The number of hydrogen-bond acceptors (Lipinski definition) is 8. The Bertz CT molecular complexity index is 593. The van der Waals surface area contributed by atoms with Crippen LogP contribution in [0.25, 0.3) is 0 Å². The van der Waals surface area contributed by atoms with Crippen LogP contribution < -0.4 is 9.78 Å². The fourth-order valence-electron chi connectivity index (χ4n) is 1.88. The summed E-state index contributed by atoms with van der Waals surface area (Å²) >= 11 is 0. The molecule has 0 saturated heterocycles. The van der Waals surface area contributed by atoms with Crippen LogP contribution in [-0.4, -0.2) is 23.5 Å². The first-order valence-electron chi connectivity index (χ1n) is 8.32. The van der Waals surface area contributed by atoms with Crippen molar-refractivity contribution in [2.45, 2.75) is 52.4 Å². The maximum Gasteiger partial charge on any atom is 0.362 e. The standard InChI is InChI=1S/C18H22O8.Ti/c1-3-6-13(19)10-17(21)25-23-15-8-5-9-16(12-15)24-26-18(22)11-14(20)7-4-2;/h5,8-9,12H,3-4,6-7,10-11H2,1-2H3;. The van der Waals surface area contributed by atoms with Gasteiger partial charge in [0.2, 0.25) is 0 Å².